The fraction of sp³-hybridized carbons (Fsp3) is 0.176. The van der Waals surface area contributed by atoms with E-state index < -0.39 is 12.1 Å². The van der Waals surface area contributed by atoms with Crippen LogP contribution in [0.3, 0.4) is 0 Å². The molecule has 3 rings (SSSR count). The van der Waals surface area contributed by atoms with E-state index in [-0.39, 0.29) is 11.5 Å². The Balaban J connectivity index is 2.04. The molecule has 124 valence electrons. The molecule has 1 aromatic carbocycles. The molecule has 1 unspecified atom stereocenters. The molecule has 24 heavy (non-hydrogen) atoms. The summed E-state index contributed by atoms with van der Waals surface area (Å²) in [6.07, 6.45) is 1.79. The fourth-order valence-corrected chi connectivity index (χ4v) is 2.95. The van der Waals surface area contributed by atoms with E-state index in [1.807, 2.05) is 6.92 Å². The van der Waals surface area contributed by atoms with Crippen molar-refractivity contribution in [1.29, 1.82) is 0 Å². The van der Waals surface area contributed by atoms with Gasteiger partial charge in [-0.1, -0.05) is 17.7 Å². The highest BCUT2D eigenvalue weighted by Crippen LogP contribution is 2.39. The summed E-state index contributed by atoms with van der Waals surface area (Å²) < 4.78 is 0. The van der Waals surface area contributed by atoms with Gasteiger partial charge >= 0.3 is 0 Å². The number of pyridine rings is 1. The largest absolute Gasteiger partial charge is 0.505 e. The topological polar surface area (TPSA) is 85.7 Å². The summed E-state index contributed by atoms with van der Waals surface area (Å²) in [6.45, 7) is 2.33. The number of nitrogens with one attached hydrogen (secondary N) is 1. The van der Waals surface area contributed by atoms with Gasteiger partial charge in [0.15, 0.2) is 6.23 Å². The molecule has 0 spiro atoms. The summed E-state index contributed by atoms with van der Waals surface area (Å²) in [4.78, 5) is 17.8. The number of anilines is 1. The van der Waals surface area contributed by atoms with Crippen molar-refractivity contribution in [2.45, 2.75) is 13.2 Å². The van der Waals surface area contributed by atoms with Gasteiger partial charge in [0.25, 0.3) is 5.91 Å². The highest BCUT2D eigenvalue weighted by atomic mass is 35.5. The molecule has 7 heteroatoms. The number of fused-ring (bicyclic) bond motifs is 1. The van der Waals surface area contributed by atoms with Crippen molar-refractivity contribution in [1.82, 2.24) is 10.3 Å². The summed E-state index contributed by atoms with van der Waals surface area (Å²) >= 11 is 6.20. The first-order valence-corrected chi connectivity index (χ1v) is 7.80. The first-order chi connectivity index (χ1) is 11.5. The number of amides is 1. The SMILES string of the molecule is CCN1c2cccc(Cl)c2C(O)=C(NC(=O)c2ccncc2)C1O. The van der Waals surface area contributed by atoms with Crippen molar-refractivity contribution in [3.8, 4) is 0 Å². The number of aliphatic hydroxyl groups is 2. The minimum atomic E-state index is -1.19. The van der Waals surface area contributed by atoms with Gasteiger partial charge in [0.05, 0.1) is 16.3 Å². The van der Waals surface area contributed by atoms with Gasteiger partial charge in [-0.15, -0.1) is 0 Å². The molecule has 0 fully saturated rings. The van der Waals surface area contributed by atoms with Crippen molar-refractivity contribution in [3.63, 3.8) is 0 Å². The van der Waals surface area contributed by atoms with Crippen LogP contribution in [0.15, 0.2) is 48.4 Å². The van der Waals surface area contributed by atoms with Crippen LogP contribution in [-0.4, -0.2) is 33.9 Å². The molecule has 1 aliphatic rings. The molecule has 0 bridgehead atoms. The lowest BCUT2D eigenvalue weighted by atomic mass is 10.0. The number of aromatic nitrogens is 1. The Morgan fingerprint density at radius 3 is 2.71 bits per heavy atom. The number of aliphatic hydroxyl groups excluding tert-OH is 2. The second kappa shape index (κ2) is 6.51. The minimum Gasteiger partial charge on any atom is -0.505 e. The third kappa shape index (κ3) is 2.70. The third-order valence-corrected chi connectivity index (χ3v) is 4.19. The fourth-order valence-electron chi connectivity index (χ4n) is 2.70. The van der Waals surface area contributed by atoms with E-state index in [4.69, 9.17) is 11.6 Å². The minimum absolute atomic E-state index is 0.000683. The molecule has 0 aliphatic carbocycles. The average Bonchev–Trinajstić information content (AvgIpc) is 2.59. The van der Waals surface area contributed by atoms with E-state index in [1.54, 1.807) is 35.2 Å². The highest BCUT2D eigenvalue weighted by Gasteiger charge is 2.33. The summed E-state index contributed by atoms with van der Waals surface area (Å²) in [5.41, 5.74) is 1.36. The van der Waals surface area contributed by atoms with Gasteiger partial charge in [0, 0.05) is 24.5 Å². The number of benzene rings is 1. The van der Waals surface area contributed by atoms with Crippen LogP contribution in [0.2, 0.25) is 5.02 Å². The third-order valence-electron chi connectivity index (χ3n) is 3.88. The van der Waals surface area contributed by atoms with Crippen LogP contribution in [0, 0.1) is 0 Å². The lowest BCUT2D eigenvalue weighted by Crippen LogP contribution is -2.45. The number of hydrogen-bond donors (Lipinski definition) is 3. The molecule has 0 saturated heterocycles. The predicted molar refractivity (Wildman–Crippen MR) is 91.7 cm³/mol. The van der Waals surface area contributed by atoms with Crippen molar-refractivity contribution in [2.75, 3.05) is 11.4 Å². The molecule has 6 nitrogen and oxygen atoms in total. The molecule has 1 atom stereocenters. The molecule has 1 aliphatic heterocycles. The summed E-state index contributed by atoms with van der Waals surface area (Å²) in [7, 11) is 0. The van der Waals surface area contributed by atoms with Crippen molar-refractivity contribution < 1.29 is 15.0 Å². The Labute approximate surface area is 144 Å². The molecule has 2 heterocycles. The van der Waals surface area contributed by atoms with E-state index >= 15 is 0 Å². The first kappa shape index (κ1) is 16.3. The van der Waals surface area contributed by atoms with Gasteiger partial charge in [0.1, 0.15) is 11.5 Å². The number of halogens is 1. The zero-order valence-corrected chi connectivity index (χ0v) is 13.7. The Kier molecular flexibility index (Phi) is 4.42. The zero-order chi connectivity index (χ0) is 17.3. The van der Waals surface area contributed by atoms with Crippen LogP contribution < -0.4 is 10.2 Å². The Morgan fingerprint density at radius 2 is 2.04 bits per heavy atom. The van der Waals surface area contributed by atoms with Crippen molar-refractivity contribution in [3.05, 3.63) is 64.6 Å². The van der Waals surface area contributed by atoms with Gasteiger partial charge in [-0.3, -0.25) is 9.78 Å². The van der Waals surface area contributed by atoms with Crippen LogP contribution in [0.25, 0.3) is 5.76 Å². The monoisotopic (exact) mass is 345 g/mol. The van der Waals surface area contributed by atoms with E-state index in [0.29, 0.717) is 28.4 Å². The molecular formula is C17H16ClN3O3. The maximum atomic E-state index is 12.3. The normalized spacial score (nSPS) is 16.8. The molecule has 1 aromatic heterocycles. The predicted octanol–water partition coefficient (Wildman–Crippen LogP) is 2.55. The Bertz CT molecular complexity index is 808. The van der Waals surface area contributed by atoms with Crippen LogP contribution in [0.5, 0.6) is 0 Å². The maximum absolute atomic E-state index is 12.3. The molecule has 1 amide bonds. The van der Waals surface area contributed by atoms with Crippen LogP contribution in [0.1, 0.15) is 22.8 Å². The first-order valence-electron chi connectivity index (χ1n) is 7.42. The lowest BCUT2D eigenvalue weighted by Gasteiger charge is -2.36. The van der Waals surface area contributed by atoms with Gasteiger partial charge in [-0.2, -0.15) is 0 Å². The highest BCUT2D eigenvalue weighted by molar-refractivity contribution is 6.33. The van der Waals surface area contributed by atoms with Crippen LogP contribution in [-0.2, 0) is 0 Å². The molecule has 0 radical (unpaired) electrons. The summed E-state index contributed by atoms with van der Waals surface area (Å²) in [6, 6.07) is 8.22. The number of rotatable bonds is 3. The number of hydrogen-bond acceptors (Lipinski definition) is 5. The van der Waals surface area contributed by atoms with Gasteiger partial charge in [-0.25, -0.2) is 0 Å². The molecule has 0 saturated carbocycles. The van der Waals surface area contributed by atoms with Gasteiger partial charge in [-0.05, 0) is 31.2 Å². The van der Waals surface area contributed by atoms with E-state index in [0.717, 1.165) is 0 Å². The number of carbonyl (C=O) groups excluding carboxylic acids is 1. The summed E-state index contributed by atoms with van der Waals surface area (Å²) in [5, 5.41) is 24.1. The molecular weight excluding hydrogens is 330 g/mol. The van der Waals surface area contributed by atoms with E-state index in [9.17, 15) is 15.0 Å². The smallest absolute Gasteiger partial charge is 0.255 e. The number of likely N-dealkylation sites (N-methyl/N-ethyl adjacent to an activating group) is 1. The standard InChI is InChI=1S/C17H16ClN3O3/c1-2-21-12-5-3-4-11(18)13(12)15(22)14(17(21)24)20-16(23)10-6-8-19-9-7-10/h3-9,17,22,24H,2H2,1H3,(H,20,23). The Morgan fingerprint density at radius 1 is 1.33 bits per heavy atom. The number of carbonyl (C=O) groups is 1. The molecule has 3 N–H and O–H groups in total. The van der Waals surface area contributed by atoms with Crippen LogP contribution in [0.4, 0.5) is 5.69 Å². The molecule has 2 aromatic rings. The zero-order valence-electron chi connectivity index (χ0n) is 12.9. The maximum Gasteiger partial charge on any atom is 0.255 e. The van der Waals surface area contributed by atoms with Gasteiger partial charge < -0.3 is 20.4 Å². The number of nitrogens with zero attached hydrogens (tertiary/aromatic N) is 2. The average molecular weight is 346 g/mol. The quantitative estimate of drug-likeness (QED) is 0.796. The van der Waals surface area contributed by atoms with Crippen molar-refractivity contribution >= 4 is 29.0 Å². The second-order valence-corrected chi connectivity index (χ2v) is 5.65. The van der Waals surface area contributed by atoms with Crippen LogP contribution >= 0.6 is 11.6 Å². The van der Waals surface area contributed by atoms with E-state index in [1.165, 1.54) is 12.4 Å². The van der Waals surface area contributed by atoms with E-state index in [2.05, 4.69) is 10.3 Å². The summed E-state index contributed by atoms with van der Waals surface area (Å²) in [5.74, 6) is -0.695. The lowest BCUT2D eigenvalue weighted by molar-refractivity contribution is 0.0944. The van der Waals surface area contributed by atoms with Gasteiger partial charge in [0.2, 0.25) is 0 Å². The van der Waals surface area contributed by atoms with Crippen molar-refractivity contribution in [2.24, 2.45) is 0 Å². The second-order valence-electron chi connectivity index (χ2n) is 5.25. The Hall–Kier alpha value is -2.57.